The van der Waals surface area contributed by atoms with Crippen LogP contribution in [0.5, 0.6) is 0 Å². The van der Waals surface area contributed by atoms with Crippen molar-refractivity contribution in [1.29, 1.82) is 0 Å². The number of primary amides is 1. The molecule has 0 aliphatic heterocycles. The molecule has 0 radical (unpaired) electrons. The SMILES string of the molecule is CCOC1CCC(Nc2ncc(C(N)=O)c(N[C@H]3CCC[C@@H]3OC)n2)CC1. The molecule has 0 aromatic carbocycles. The number of methoxy groups -OCH3 is 1. The summed E-state index contributed by atoms with van der Waals surface area (Å²) < 4.78 is 11.2. The molecule has 27 heavy (non-hydrogen) atoms. The van der Waals surface area contributed by atoms with E-state index in [9.17, 15) is 4.79 Å². The number of hydrogen-bond donors (Lipinski definition) is 3. The predicted octanol–water partition coefficient (Wildman–Crippen LogP) is 2.31. The van der Waals surface area contributed by atoms with Gasteiger partial charge in [-0.1, -0.05) is 0 Å². The number of nitrogens with zero attached hydrogens (tertiary/aromatic N) is 2. The van der Waals surface area contributed by atoms with Gasteiger partial charge in [-0.05, 0) is 51.9 Å². The molecule has 8 heteroatoms. The average molecular weight is 377 g/mol. The molecule has 2 aliphatic rings. The van der Waals surface area contributed by atoms with Gasteiger partial charge in [0.1, 0.15) is 5.82 Å². The third-order valence-electron chi connectivity index (χ3n) is 5.54. The van der Waals surface area contributed by atoms with E-state index < -0.39 is 5.91 Å². The number of amides is 1. The van der Waals surface area contributed by atoms with Crippen LogP contribution in [-0.2, 0) is 9.47 Å². The smallest absolute Gasteiger partial charge is 0.254 e. The maximum absolute atomic E-state index is 11.8. The van der Waals surface area contributed by atoms with E-state index >= 15 is 0 Å². The number of ether oxygens (including phenoxy) is 2. The van der Waals surface area contributed by atoms with Crippen molar-refractivity contribution in [3.05, 3.63) is 11.8 Å². The fourth-order valence-corrected chi connectivity index (χ4v) is 4.08. The zero-order chi connectivity index (χ0) is 19.2. The number of carbonyl (C=O) groups excluding carboxylic acids is 1. The van der Waals surface area contributed by atoms with Crippen LogP contribution < -0.4 is 16.4 Å². The zero-order valence-corrected chi connectivity index (χ0v) is 16.2. The molecule has 2 fully saturated rings. The minimum Gasteiger partial charge on any atom is -0.379 e. The molecule has 1 aromatic heterocycles. The number of anilines is 2. The number of aromatic nitrogens is 2. The molecule has 150 valence electrons. The Hall–Kier alpha value is -1.93. The minimum atomic E-state index is -0.534. The molecule has 8 nitrogen and oxygen atoms in total. The molecule has 0 saturated heterocycles. The first kappa shape index (κ1) is 19.8. The van der Waals surface area contributed by atoms with Crippen LogP contribution in [0.15, 0.2) is 6.20 Å². The molecule has 1 amide bonds. The normalized spacial score (nSPS) is 28.1. The molecule has 1 heterocycles. The Morgan fingerprint density at radius 2 is 2.00 bits per heavy atom. The fourth-order valence-electron chi connectivity index (χ4n) is 4.08. The van der Waals surface area contributed by atoms with Crippen molar-refractivity contribution in [2.45, 2.75) is 76.2 Å². The topological polar surface area (TPSA) is 111 Å². The first-order valence-electron chi connectivity index (χ1n) is 9.95. The highest BCUT2D eigenvalue weighted by molar-refractivity contribution is 5.97. The van der Waals surface area contributed by atoms with E-state index in [0.29, 0.717) is 29.5 Å². The lowest BCUT2D eigenvalue weighted by Crippen LogP contribution is -2.32. The van der Waals surface area contributed by atoms with Gasteiger partial charge >= 0.3 is 0 Å². The lowest BCUT2D eigenvalue weighted by molar-refractivity contribution is 0.0346. The lowest BCUT2D eigenvalue weighted by atomic mass is 9.93. The van der Waals surface area contributed by atoms with E-state index in [4.69, 9.17) is 15.2 Å². The van der Waals surface area contributed by atoms with Crippen LogP contribution in [-0.4, -0.2) is 53.9 Å². The van der Waals surface area contributed by atoms with Crippen LogP contribution in [0.25, 0.3) is 0 Å². The molecule has 0 unspecified atom stereocenters. The van der Waals surface area contributed by atoms with Crippen LogP contribution in [0.1, 0.15) is 62.2 Å². The highest BCUT2D eigenvalue weighted by Crippen LogP contribution is 2.27. The first-order valence-corrected chi connectivity index (χ1v) is 9.95. The van der Waals surface area contributed by atoms with Crippen molar-refractivity contribution in [2.75, 3.05) is 24.4 Å². The summed E-state index contributed by atoms with van der Waals surface area (Å²) in [7, 11) is 1.71. The van der Waals surface area contributed by atoms with Crippen LogP contribution >= 0.6 is 0 Å². The maximum atomic E-state index is 11.8. The Morgan fingerprint density at radius 1 is 1.22 bits per heavy atom. The monoisotopic (exact) mass is 377 g/mol. The Balaban J connectivity index is 1.67. The first-order chi connectivity index (χ1) is 13.1. The number of nitrogens with one attached hydrogen (secondary N) is 2. The van der Waals surface area contributed by atoms with E-state index in [-0.39, 0.29) is 12.1 Å². The summed E-state index contributed by atoms with van der Waals surface area (Å²) in [5.41, 5.74) is 5.82. The van der Waals surface area contributed by atoms with Gasteiger partial charge in [-0.3, -0.25) is 4.79 Å². The van der Waals surface area contributed by atoms with Crippen molar-refractivity contribution < 1.29 is 14.3 Å². The van der Waals surface area contributed by atoms with Gasteiger partial charge in [0.25, 0.3) is 5.91 Å². The Morgan fingerprint density at radius 3 is 2.67 bits per heavy atom. The largest absolute Gasteiger partial charge is 0.379 e. The van der Waals surface area contributed by atoms with E-state index in [0.717, 1.165) is 51.6 Å². The summed E-state index contributed by atoms with van der Waals surface area (Å²) >= 11 is 0. The zero-order valence-electron chi connectivity index (χ0n) is 16.2. The highest BCUT2D eigenvalue weighted by atomic mass is 16.5. The fraction of sp³-hybridized carbons (Fsp3) is 0.737. The Bertz CT molecular complexity index is 634. The molecule has 1 aromatic rings. The molecular weight excluding hydrogens is 346 g/mol. The predicted molar refractivity (Wildman–Crippen MR) is 104 cm³/mol. The molecule has 3 rings (SSSR count). The van der Waals surface area contributed by atoms with Crippen molar-refractivity contribution in [3.63, 3.8) is 0 Å². The van der Waals surface area contributed by atoms with Crippen molar-refractivity contribution >= 4 is 17.7 Å². The second kappa shape index (κ2) is 9.32. The summed E-state index contributed by atoms with van der Waals surface area (Å²) in [6.45, 7) is 2.80. The lowest BCUT2D eigenvalue weighted by Gasteiger charge is -2.29. The van der Waals surface area contributed by atoms with E-state index in [1.54, 1.807) is 7.11 Å². The third kappa shape index (κ3) is 5.07. The minimum absolute atomic E-state index is 0.117. The second-order valence-electron chi connectivity index (χ2n) is 7.35. The molecule has 2 atom stereocenters. The van der Waals surface area contributed by atoms with Crippen molar-refractivity contribution in [3.8, 4) is 0 Å². The van der Waals surface area contributed by atoms with E-state index in [2.05, 4.69) is 20.6 Å². The van der Waals surface area contributed by atoms with Gasteiger partial charge in [-0.2, -0.15) is 4.98 Å². The van der Waals surface area contributed by atoms with E-state index in [1.165, 1.54) is 6.20 Å². The number of nitrogens with two attached hydrogens (primary N) is 1. The second-order valence-corrected chi connectivity index (χ2v) is 7.35. The van der Waals surface area contributed by atoms with Crippen LogP contribution in [0.4, 0.5) is 11.8 Å². The third-order valence-corrected chi connectivity index (χ3v) is 5.54. The van der Waals surface area contributed by atoms with Crippen LogP contribution in [0.3, 0.4) is 0 Å². The Labute approximate surface area is 160 Å². The van der Waals surface area contributed by atoms with Crippen molar-refractivity contribution in [1.82, 2.24) is 9.97 Å². The molecule has 2 aliphatic carbocycles. The van der Waals surface area contributed by atoms with Gasteiger partial charge in [-0.15, -0.1) is 0 Å². The van der Waals surface area contributed by atoms with Gasteiger partial charge in [0.15, 0.2) is 0 Å². The number of hydrogen-bond acceptors (Lipinski definition) is 7. The highest BCUT2D eigenvalue weighted by Gasteiger charge is 2.29. The number of rotatable bonds is 8. The van der Waals surface area contributed by atoms with Gasteiger partial charge in [0, 0.05) is 26.0 Å². The summed E-state index contributed by atoms with van der Waals surface area (Å²) in [6.07, 6.45) is 9.14. The molecule has 0 bridgehead atoms. The molecule has 0 spiro atoms. The average Bonchev–Trinajstić information content (AvgIpc) is 3.11. The summed E-state index contributed by atoms with van der Waals surface area (Å²) in [4.78, 5) is 20.6. The molecule has 4 N–H and O–H groups in total. The van der Waals surface area contributed by atoms with Gasteiger partial charge in [0.05, 0.1) is 23.8 Å². The number of carbonyl (C=O) groups is 1. The van der Waals surface area contributed by atoms with Crippen LogP contribution in [0, 0.1) is 0 Å². The Kier molecular flexibility index (Phi) is 6.84. The van der Waals surface area contributed by atoms with Gasteiger partial charge < -0.3 is 25.8 Å². The maximum Gasteiger partial charge on any atom is 0.254 e. The molecular formula is C19H31N5O3. The standard InChI is InChI=1S/C19H31N5O3/c1-3-27-13-9-7-12(8-10-13)22-19-21-11-14(17(20)25)18(24-19)23-15-5-4-6-16(15)26-2/h11-13,15-16H,3-10H2,1-2H3,(H2,20,25)(H2,21,22,23,24)/t12?,13?,15-,16-/m0/s1. The summed E-state index contributed by atoms with van der Waals surface area (Å²) in [6, 6.07) is 0.435. The van der Waals surface area contributed by atoms with Crippen molar-refractivity contribution in [2.24, 2.45) is 5.73 Å². The quantitative estimate of drug-likeness (QED) is 0.637. The van der Waals surface area contributed by atoms with Crippen LogP contribution in [0.2, 0.25) is 0 Å². The summed E-state index contributed by atoms with van der Waals surface area (Å²) in [5, 5.41) is 6.76. The molecule has 2 saturated carbocycles. The summed E-state index contributed by atoms with van der Waals surface area (Å²) in [5.74, 6) is 0.472. The van der Waals surface area contributed by atoms with Gasteiger partial charge in [-0.25, -0.2) is 4.98 Å². The van der Waals surface area contributed by atoms with E-state index in [1.807, 2.05) is 6.92 Å². The van der Waals surface area contributed by atoms with Gasteiger partial charge in [0.2, 0.25) is 5.95 Å².